The third-order valence-corrected chi connectivity index (χ3v) is 3.78. The summed E-state index contributed by atoms with van der Waals surface area (Å²) in [6, 6.07) is 14.1. The van der Waals surface area contributed by atoms with Gasteiger partial charge >= 0.3 is 0 Å². The van der Waals surface area contributed by atoms with E-state index in [1.807, 2.05) is 30.3 Å². The SMILES string of the molecule is CC(C)(C)c1cccc(Oc2ccc(CN)cc2Br)c1. The van der Waals surface area contributed by atoms with Gasteiger partial charge in [0, 0.05) is 6.54 Å². The molecule has 0 saturated carbocycles. The standard InChI is InChI=1S/C17H20BrNO/c1-17(2,3)13-5-4-6-14(10-13)20-16-8-7-12(11-19)9-15(16)18/h4-10H,11,19H2,1-3H3. The average Bonchev–Trinajstić information content (AvgIpc) is 2.40. The van der Waals surface area contributed by atoms with Gasteiger partial charge in [0.05, 0.1) is 4.47 Å². The van der Waals surface area contributed by atoms with Crippen LogP contribution in [0, 0.1) is 0 Å². The lowest BCUT2D eigenvalue weighted by atomic mass is 9.87. The Balaban J connectivity index is 2.26. The highest BCUT2D eigenvalue weighted by molar-refractivity contribution is 9.10. The van der Waals surface area contributed by atoms with Crippen molar-refractivity contribution in [3.8, 4) is 11.5 Å². The Bertz CT molecular complexity index is 602. The van der Waals surface area contributed by atoms with E-state index in [0.29, 0.717) is 6.54 Å². The van der Waals surface area contributed by atoms with Crippen LogP contribution >= 0.6 is 15.9 Å². The maximum Gasteiger partial charge on any atom is 0.141 e. The number of benzene rings is 2. The van der Waals surface area contributed by atoms with Gasteiger partial charge in [-0.05, 0) is 56.7 Å². The Morgan fingerprint density at radius 1 is 1.10 bits per heavy atom. The summed E-state index contributed by atoms with van der Waals surface area (Å²) in [6.07, 6.45) is 0. The molecule has 2 N–H and O–H groups in total. The number of hydrogen-bond acceptors (Lipinski definition) is 2. The Hall–Kier alpha value is -1.32. The predicted molar refractivity (Wildman–Crippen MR) is 87.2 cm³/mol. The molecule has 0 atom stereocenters. The van der Waals surface area contributed by atoms with Crippen molar-refractivity contribution in [2.45, 2.75) is 32.7 Å². The van der Waals surface area contributed by atoms with Crippen LogP contribution in [0.3, 0.4) is 0 Å². The number of rotatable bonds is 3. The molecule has 2 aromatic carbocycles. The van der Waals surface area contributed by atoms with Crippen LogP contribution in [0.5, 0.6) is 11.5 Å². The number of ether oxygens (including phenoxy) is 1. The first-order valence-corrected chi connectivity index (χ1v) is 7.46. The molecule has 106 valence electrons. The van der Waals surface area contributed by atoms with E-state index < -0.39 is 0 Å². The lowest BCUT2D eigenvalue weighted by Crippen LogP contribution is -2.10. The zero-order valence-electron chi connectivity index (χ0n) is 12.1. The van der Waals surface area contributed by atoms with Crippen LogP contribution in [-0.4, -0.2) is 0 Å². The molecule has 2 aromatic rings. The minimum absolute atomic E-state index is 0.111. The molecule has 2 rings (SSSR count). The monoisotopic (exact) mass is 333 g/mol. The predicted octanol–water partition coefficient (Wildman–Crippen LogP) is 5.00. The lowest BCUT2D eigenvalue weighted by molar-refractivity contribution is 0.475. The highest BCUT2D eigenvalue weighted by atomic mass is 79.9. The van der Waals surface area contributed by atoms with Crippen molar-refractivity contribution in [2.24, 2.45) is 5.73 Å². The van der Waals surface area contributed by atoms with E-state index in [0.717, 1.165) is 21.5 Å². The van der Waals surface area contributed by atoms with Crippen molar-refractivity contribution in [2.75, 3.05) is 0 Å². The minimum atomic E-state index is 0.111. The van der Waals surface area contributed by atoms with Gasteiger partial charge in [-0.2, -0.15) is 0 Å². The smallest absolute Gasteiger partial charge is 0.141 e. The van der Waals surface area contributed by atoms with E-state index in [1.165, 1.54) is 5.56 Å². The van der Waals surface area contributed by atoms with Crippen LogP contribution in [0.15, 0.2) is 46.9 Å². The van der Waals surface area contributed by atoms with Crippen LogP contribution in [0.1, 0.15) is 31.9 Å². The molecule has 0 heterocycles. The second kappa shape index (κ2) is 5.98. The van der Waals surface area contributed by atoms with Crippen molar-refractivity contribution in [1.29, 1.82) is 0 Å². The Kier molecular flexibility index (Phi) is 4.51. The van der Waals surface area contributed by atoms with Gasteiger partial charge < -0.3 is 10.5 Å². The molecule has 0 spiro atoms. The van der Waals surface area contributed by atoms with Crippen LogP contribution in [0.2, 0.25) is 0 Å². The van der Waals surface area contributed by atoms with Gasteiger partial charge in [-0.15, -0.1) is 0 Å². The van der Waals surface area contributed by atoms with E-state index in [9.17, 15) is 0 Å². The summed E-state index contributed by atoms with van der Waals surface area (Å²) in [6.45, 7) is 7.10. The molecule has 0 aliphatic rings. The van der Waals surface area contributed by atoms with Crippen molar-refractivity contribution in [3.63, 3.8) is 0 Å². The summed E-state index contributed by atoms with van der Waals surface area (Å²) in [7, 11) is 0. The fourth-order valence-corrected chi connectivity index (χ4v) is 2.41. The number of nitrogens with two attached hydrogens (primary N) is 1. The van der Waals surface area contributed by atoms with Crippen LogP contribution in [0.4, 0.5) is 0 Å². The summed E-state index contributed by atoms with van der Waals surface area (Å²) < 4.78 is 6.87. The zero-order chi connectivity index (χ0) is 14.8. The van der Waals surface area contributed by atoms with Gasteiger partial charge in [0.1, 0.15) is 11.5 Å². The number of hydrogen-bond donors (Lipinski definition) is 1. The molecule has 3 heteroatoms. The van der Waals surface area contributed by atoms with Crippen LogP contribution in [-0.2, 0) is 12.0 Å². The molecule has 0 unspecified atom stereocenters. The summed E-state index contributed by atoms with van der Waals surface area (Å²) in [5.74, 6) is 1.65. The second-order valence-corrected chi connectivity index (χ2v) is 6.70. The maximum atomic E-state index is 5.96. The molecule has 0 amide bonds. The normalized spacial score (nSPS) is 11.4. The van der Waals surface area contributed by atoms with Gasteiger partial charge in [0.15, 0.2) is 0 Å². The Labute approximate surface area is 129 Å². The molecular formula is C17H20BrNO. The fraction of sp³-hybridized carbons (Fsp3) is 0.294. The van der Waals surface area contributed by atoms with Crippen molar-refractivity contribution in [1.82, 2.24) is 0 Å². The van der Waals surface area contributed by atoms with Gasteiger partial charge in [-0.1, -0.05) is 39.0 Å². The quantitative estimate of drug-likeness (QED) is 0.857. The average molecular weight is 334 g/mol. The molecule has 0 radical (unpaired) electrons. The molecule has 0 aliphatic carbocycles. The van der Waals surface area contributed by atoms with E-state index in [2.05, 4.69) is 48.8 Å². The van der Waals surface area contributed by atoms with Gasteiger partial charge in [-0.25, -0.2) is 0 Å². The first-order valence-electron chi connectivity index (χ1n) is 6.67. The molecule has 0 bridgehead atoms. The van der Waals surface area contributed by atoms with Crippen LogP contribution in [0.25, 0.3) is 0 Å². The van der Waals surface area contributed by atoms with E-state index in [1.54, 1.807) is 0 Å². The molecule has 20 heavy (non-hydrogen) atoms. The Morgan fingerprint density at radius 3 is 2.45 bits per heavy atom. The highest BCUT2D eigenvalue weighted by Gasteiger charge is 2.14. The fourth-order valence-electron chi connectivity index (χ4n) is 1.91. The highest BCUT2D eigenvalue weighted by Crippen LogP contribution is 2.32. The van der Waals surface area contributed by atoms with E-state index >= 15 is 0 Å². The molecule has 0 aliphatic heterocycles. The molecule has 0 fully saturated rings. The lowest BCUT2D eigenvalue weighted by Gasteiger charge is -2.20. The van der Waals surface area contributed by atoms with Gasteiger partial charge in [0.25, 0.3) is 0 Å². The summed E-state index contributed by atoms with van der Waals surface area (Å²) in [5.41, 5.74) is 8.07. The summed E-state index contributed by atoms with van der Waals surface area (Å²) in [5, 5.41) is 0. The first-order chi connectivity index (χ1) is 9.40. The number of halogens is 1. The minimum Gasteiger partial charge on any atom is -0.456 e. The largest absolute Gasteiger partial charge is 0.456 e. The van der Waals surface area contributed by atoms with Crippen LogP contribution < -0.4 is 10.5 Å². The van der Waals surface area contributed by atoms with Crippen molar-refractivity contribution in [3.05, 3.63) is 58.1 Å². The molecule has 0 saturated heterocycles. The zero-order valence-corrected chi connectivity index (χ0v) is 13.7. The Morgan fingerprint density at radius 2 is 1.85 bits per heavy atom. The second-order valence-electron chi connectivity index (χ2n) is 5.85. The first kappa shape index (κ1) is 15.1. The molecule has 2 nitrogen and oxygen atoms in total. The topological polar surface area (TPSA) is 35.2 Å². The third kappa shape index (κ3) is 3.62. The van der Waals surface area contributed by atoms with Gasteiger partial charge in [-0.3, -0.25) is 0 Å². The molecular weight excluding hydrogens is 314 g/mol. The third-order valence-electron chi connectivity index (χ3n) is 3.16. The summed E-state index contributed by atoms with van der Waals surface area (Å²) in [4.78, 5) is 0. The maximum absolute atomic E-state index is 5.96. The van der Waals surface area contributed by atoms with Crippen molar-refractivity contribution < 1.29 is 4.74 Å². The van der Waals surface area contributed by atoms with Gasteiger partial charge in [0.2, 0.25) is 0 Å². The van der Waals surface area contributed by atoms with Crippen molar-refractivity contribution >= 4 is 15.9 Å². The molecule has 0 aromatic heterocycles. The van der Waals surface area contributed by atoms with E-state index in [4.69, 9.17) is 10.5 Å². The summed E-state index contributed by atoms with van der Waals surface area (Å²) >= 11 is 3.52. The van der Waals surface area contributed by atoms with E-state index in [-0.39, 0.29) is 5.41 Å².